The van der Waals surface area contributed by atoms with Crippen molar-refractivity contribution in [1.29, 1.82) is 0 Å². The van der Waals surface area contributed by atoms with Crippen LogP contribution in [0, 0.1) is 12.8 Å². The smallest absolute Gasteiger partial charge is 0.487 e. The highest BCUT2D eigenvalue weighted by molar-refractivity contribution is 7.87. The fraction of sp³-hybridized carbons (Fsp3) is 0.320. The fourth-order valence-electron chi connectivity index (χ4n) is 3.66. The molecule has 0 amide bonds. The number of aliphatic carboxylic acids is 1. The maximum absolute atomic E-state index is 12.9. The molecule has 1 N–H and O–H groups in total. The lowest BCUT2D eigenvalue weighted by Crippen LogP contribution is -2.28. The van der Waals surface area contributed by atoms with Crippen LogP contribution in [0.25, 0.3) is 11.7 Å². The molecule has 15 heteroatoms. The van der Waals surface area contributed by atoms with Gasteiger partial charge in [0.25, 0.3) is 11.8 Å². The van der Waals surface area contributed by atoms with Gasteiger partial charge in [0.15, 0.2) is 5.76 Å². The second-order valence-electron chi connectivity index (χ2n) is 8.72. The average Bonchev–Trinajstić information content (AvgIpc) is 3.62. The summed E-state index contributed by atoms with van der Waals surface area (Å²) in [6.07, 6.45) is 2.66. The van der Waals surface area contributed by atoms with Crippen LogP contribution in [0.15, 0.2) is 57.7 Å². The summed E-state index contributed by atoms with van der Waals surface area (Å²) in [5.41, 5.74) is -4.53. The van der Waals surface area contributed by atoms with Crippen LogP contribution in [0.3, 0.4) is 0 Å². The van der Waals surface area contributed by atoms with Gasteiger partial charge in [-0.1, -0.05) is 19.1 Å². The Labute approximate surface area is 226 Å². The molecule has 0 spiro atoms. The summed E-state index contributed by atoms with van der Waals surface area (Å²) in [4.78, 5) is 15.8. The van der Waals surface area contributed by atoms with E-state index in [4.69, 9.17) is 13.6 Å². The molecular formula is C25H24F3N3O8S. The van der Waals surface area contributed by atoms with Crippen molar-refractivity contribution in [3.63, 3.8) is 0 Å². The zero-order valence-electron chi connectivity index (χ0n) is 21.2. The van der Waals surface area contributed by atoms with E-state index in [-0.39, 0.29) is 31.6 Å². The number of aromatic nitrogens is 3. The van der Waals surface area contributed by atoms with Gasteiger partial charge < -0.3 is 22.9 Å². The third kappa shape index (κ3) is 6.65. The molecule has 40 heavy (non-hydrogen) atoms. The summed E-state index contributed by atoms with van der Waals surface area (Å²) in [6, 6.07) is 10.1. The molecule has 0 aliphatic heterocycles. The summed E-state index contributed by atoms with van der Waals surface area (Å²) in [5, 5.41) is 13.2. The monoisotopic (exact) mass is 583 g/mol. The summed E-state index contributed by atoms with van der Waals surface area (Å²) >= 11 is 0. The minimum absolute atomic E-state index is 0.0292. The number of furan rings is 1. The Bertz CT molecular complexity index is 1560. The molecule has 1 atom stereocenters. The second kappa shape index (κ2) is 11.5. The van der Waals surface area contributed by atoms with E-state index in [0.29, 0.717) is 34.4 Å². The molecule has 0 aliphatic carbocycles. The van der Waals surface area contributed by atoms with E-state index in [1.54, 1.807) is 50.2 Å². The first kappa shape index (κ1) is 28.7. The van der Waals surface area contributed by atoms with E-state index in [9.17, 15) is 31.5 Å². The number of carbonyl (C=O) groups is 1. The number of ether oxygens (including phenoxy) is 1. The number of halogens is 3. The van der Waals surface area contributed by atoms with Crippen molar-refractivity contribution in [2.45, 2.75) is 45.3 Å². The van der Waals surface area contributed by atoms with E-state index < -0.39 is 33.4 Å². The van der Waals surface area contributed by atoms with Crippen molar-refractivity contribution in [2.24, 2.45) is 5.92 Å². The summed E-state index contributed by atoms with van der Waals surface area (Å²) in [5.74, 6) is -1.11. The Kier molecular flexibility index (Phi) is 8.23. The van der Waals surface area contributed by atoms with Crippen molar-refractivity contribution in [3.05, 3.63) is 71.4 Å². The van der Waals surface area contributed by atoms with E-state index in [0.717, 1.165) is 0 Å². The third-order valence-corrected chi connectivity index (χ3v) is 6.79. The van der Waals surface area contributed by atoms with E-state index in [1.807, 2.05) is 0 Å². The van der Waals surface area contributed by atoms with Crippen LogP contribution < -0.4 is 8.92 Å². The van der Waals surface area contributed by atoms with Gasteiger partial charge in [-0.25, -0.2) is 4.98 Å². The number of hydrogen-bond donors (Lipinski definition) is 1. The van der Waals surface area contributed by atoms with Gasteiger partial charge in [0.05, 0.1) is 18.7 Å². The van der Waals surface area contributed by atoms with Gasteiger partial charge >= 0.3 is 21.6 Å². The van der Waals surface area contributed by atoms with Crippen LogP contribution in [0.2, 0.25) is 0 Å². The minimum atomic E-state index is -6.00. The van der Waals surface area contributed by atoms with Crippen LogP contribution in [-0.4, -0.2) is 39.8 Å². The molecule has 3 aromatic heterocycles. The predicted octanol–water partition coefficient (Wildman–Crippen LogP) is 4.95. The zero-order chi connectivity index (χ0) is 29.1. The first-order valence-electron chi connectivity index (χ1n) is 11.9. The number of carboxylic acid groups (broad SMARTS) is 1. The molecule has 4 aromatic rings. The topological polar surface area (TPSA) is 147 Å². The highest BCUT2D eigenvalue weighted by Gasteiger charge is 2.49. The molecule has 0 saturated heterocycles. The number of nitrogens with zero attached hydrogens (tertiary/aromatic N) is 3. The number of hydrogen-bond acceptors (Lipinski definition) is 9. The fourth-order valence-corrected chi connectivity index (χ4v) is 4.10. The number of rotatable bonds is 12. The molecular weight excluding hydrogens is 559 g/mol. The number of benzene rings is 1. The molecule has 0 bridgehead atoms. The molecule has 0 saturated carbocycles. The van der Waals surface area contributed by atoms with Crippen LogP contribution in [0.1, 0.15) is 35.9 Å². The van der Waals surface area contributed by atoms with Gasteiger partial charge in [-0.05, 0) is 49.6 Å². The molecule has 11 nitrogen and oxygen atoms in total. The number of aryl methyl sites for hydroxylation is 1. The SMILES string of the molecule is CCC(Cc1cn(Cc2ccc(OCc3nc(-c4ccco4)oc3C)cc2)nc1OS(=O)(=O)C(F)(F)F)C(=O)O. The molecule has 3 heterocycles. The maximum atomic E-state index is 12.9. The van der Waals surface area contributed by atoms with Gasteiger partial charge in [0.1, 0.15) is 23.8 Å². The van der Waals surface area contributed by atoms with E-state index >= 15 is 0 Å². The number of oxazole rings is 1. The Balaban J connectivity index is 1.46. The molecule has 1 unspecified atom stereocenters. The van der Waals surface area contributed by atoms with E-state index in [1.165, 1.54) is 17.1 Å². The Hall–Kier alpha value is -4.27. The highest BCUT2D eigenvalue weighted by Crippen LogP contribution is 2.30. The first-order valence-corrected chi connectivity index (χ1v) is 13.3. The standard InChI is InChI=1S/C25H24F3N3O8S/c1-3-17(24(32)33)11-18-13-31(30-22(18)39-40(34,35)25(26,27)28)12-16-6-8-19(9-7-16)37-14-20-15(2)38-23(29-20)21-5-4-10-36-21/h4-10,13,17H,3,11-12,14H2,1-2H3,(H,32,33). The van der Waals surface area contributed by atoms with Gasteiger partial charge in [-0.3, -0.25) is 9.48 Å². The molecule has 1 aromatic carbocycles. The molecule has 0 radical (unpaired) electrons. The maximum Gasteiger partial charge on any atom is 0.534 e. The van der Waals surface area contributed by atoms with Gasteiger partial charge in [0, 0.05) is 11.8 Å². The lowest BCUT2D eigenvalue weighted by molar-refractivity contribution is -0.141. The van der Waals surface area contributed by atoms with Crippen molar-refractivity contribution in [1.82, 2.24) is 14.8 Å². The zero-order valence-corrected chi connectivity index (χ0v) is 22.0. The Morgan fingerprint density at radius 3 is 2.52 bits per heavy atom. The number of alkyl halides is 3. The van der Waals surface area contributed by atoms with Crippen LogP contribution in [0.4, 0.5) is 13.2 Å². The van der Waals surface area contributed by atoms with Crippen LogP contribution in [-0.2, 0) is 34.5 Å². The van der Waals surface area contributed by atoms with Crippen molar-refractivity contribution in [2.75, 3.05) is 0 Å². The summed E-state index contributed by atoms with van der Waals surface area (Å²) in [6.45, 7) is 3.48. The summed E-state index contributed by atoms with van der Waals surface area (Å²) < 4.78 is 83.9. The van der Waals surface area contributed by atoms with Crippen molar-refractivity contribution >= 4 is 16.1 Å². The minimum Gasteiger partial charge on any atom is -0.487 e. The third-order valence-electron chi connectivity index (χ3n) is 5.85. The first-order chi connectivity index (χ1) is 18.9. The quantitative estimate of drug-likeness (QED) is 0.179. The van der Waals surface area contributed by atoms with Crippen LogP contribution in [0.5, 0.6) is 11.6 Å². The van der Waals surface area contributed by atoms with E-state index in [2.05, 4.69) is 14.3 Å². The molecule has 0 fully saturated rings. The summed E-state index contributed by atoms with van der Waals surface area (Å²) in [7, 11) is -6.00. The second-order valence-corrected chi connectivity index (χ2v) is 10.3. The lowest BCUT2D eigenvalue weighted by atomic mass is 9.99. The van der Waals surface area contributed by atoms with Gasteiger partial charge in [-0.2, -0.15) is 21.6 Å². The van der Waals surface area contributed by atoms with Crippen LogP contribution >= 0.6 is 0 Å². The molecule has 0 aliphatic rings. The predicted molar refractivity (Wildman–Crippen MR) is 132 cm³/mol. The van der Waals surface area contributed by atoms with Gasteiger partial charge in [-0.15, -0.1) is 5.10 Å². The molecule has 214 valence electrons. The number of carboxylic acids is 1. The van der Waals surface area contributed by atoms with Crippen molar-refractivity contribution < 1.29 is 49.2 Å². The largest absolute Gasteiger partial charge is 0.534 e. The van der Waals surface area contributed by atoms with Gasteiger partial charge in [0.2, 0.25) is 0 Å². The highest BCUT2D eigenvalue weighted by atomic mass is 32.2. The Morgan fingerprint density at radius 2 is 1.93 bits per heavy atom. The average molecular weight is 584 g/mol. The van der Waals surface area contributed by atoms with Crippen molar-refractivity contribution in [3.8, 4) is 23.3 Å². The molecule has 4 rings (SSSR count). The lowest BCUT2D eigenvalue weighted by Gasteiger charge is -2.11. The Morgan fingerprint density at radius 1 is 1.20 bits per heavy atom. The normalized spacial score (nSPS) is 12.8.